The van der Waals surface area contributed by atoms with Crippen LogP contribution in [0, 0.1) is 0 Å². The lowest BCUT2D eigenvalue weighted by Gasteiger charge is -2.46. The highest BCUT2D eigenvalue weighted by Crippen LogP contribution is 2.30. The molecule has 0 aromatic rings. The van der Waals surface area contributed by atoms with Crippen LogP contribution in [0.3, 0.4) is 0 Å². The van der Waals surface area contributed by atoms with E-state index in [0.29, 0.717) is 0 Å². The van der Waals surface area contributed by atoms with Crippen LogP contribution < -0.4 is 0 Å². The summed E-state index contributed by atoms with van der Waals surface area (Å²) in [6.45, 7) is 18.4. The van der Waals surface area contributed by atoms with Crippen LogP contribution >= 0.6 is 0 Å². The van der Waals surface area contributed by atoms with Crippen LogP contribution in [-0.2, 0) is 0 Å². The van der Waals surface area contributed by atoms with Crippen molar-refractivity contribution in [3.8, 4) is 0 Å². The molecule has 1 rings (SSSR count). The van der Waals surface area contributed by atoms with Gasteiger partial charge in [0, 0.05) is 24.2 Å². The van der Waals surface area contributed by atoms with E-state index >= 15 is 0 Å². The maximum atomic E-state index is 4.33. The summed E-state index contributed by atoms with van der Waals surface area (Å²) < 4.78 is 0. The largest absolute Gasteiger partial charge is 0.373 e. The van der Waals surface area contributed by atoms with E-state index in [9.17, 15) is 0 Å². The maximum Gasteiger partial charge on any atom is 0.0855 e. The third kappa shape index (κ3) is 3.50. The van der Waals surface area contributed by atoms with Crippen LogP contribution in [-0.4, -0.2) is 46.9 Å². The summed E-state index contributed by atoms with van der Waals surface area (Å²) in [5.41, 5.74) is 0.260. The molecule has 0 aliphatic carbocycles. The predicted octanol–water partition coefficient (Wildman–Crippen LogP) is 3.13. The standard InChI is InChI=1S/C15H29N3/c1-7-10-17(8-2)14(3,4)12-15(5,6)18-11-9-16-13-18/h8,13H,2,7,9-12H2,1,3-6H3. The number of hydrogen-bond donors (Lipinski definition) is 0. The van der Waals surface area contributed by atoms with Gasteiger partial charge in [-0.3, -0.25) is 4.99 Å². The molecule has 18 heavy (non-hydrogen) atoms. The number of rotatable bonds is 7. The fourth-order valence-electron chi connectivity index (χ4n) is 2.98. The second-order valence-corrected chi connectivity index (χ2v) is 6.39. The molecule has 0 saturated heterocycles. The Balaban J connectivity index is 2.73. The van der Waals surface area contributed by atoms with Gasteiger partial charge in [-0.15, -0.1) is 0 Å². The lowest BCUT2D eigenvalue weighted by Crippen LogP contribution is -2.51. The van der Waals surface area contributed by atoms with Crippen molar-refractivity contribution in [2.24, 2.45) is 4.99 Å². The van der Waals surface area contributed by atoms with Crippen molar-refractivity contribution in [2.75, 3.05) is 19.6 Å². The van der Waals surface area contributed by atoms with Gasteiger partial charge >= 0.3 is 0 Å². The zero-order valence-corrected chi connectivity index (χ0v) is 12.7. The average Bonchev–Trinajstić information content (AvgIpc) is 2.77. The van der Waals surface area contributed by atoms with Crippen molar-refractivity contribution in [3.05, 3.63) is 12.8 Å². The Kier molecular flexibility index (Phi) is 4.83. The van der Waals surface area contributed by atoms with Gasteiger partial charge in [0.1, 0.15) is 0 Å². The van der Waals surface area contributed by atoms with Crippen LogP contribution in [0.25, 0.3) is 0 Å². The normalized spacial score (nSPS) is 16.2. The Morgan fingerprint density at radius 3 is 2.50 bits per heavy atom. The summed E-state index contributed by atoms with van der Waals surface area (Å²) in [7, 11) is 0. The quantitative estimate of drug-likeness (QED) is 0.692. The average molecular weight is 251 g/mol. The van der Waals surface area contributed by atoms with Gasteiger partial charge in [-0.05, 0) is 46.7 Å². The third-order valence-corrected chi connectivity index (χ3v) is 3.80. The molecule has 0 atom stereocenters. The van der Waals surface area contributed by atoms with Crippen LogP contribution in [0.4, 0.5) is 0 Å². The van der Waals surface area contributed by atoms with Gasteiger partial charge in [0.05, 0.1) is 12.9 Å². The first-order valence-corrected chi connectivity index (χ1v) is 6.99. The van der Waals surface area contributed by atoms with Gasteiger partial charge in [0.25, 0.3) is 0 Å². The molecule has 3 heteroatoms. The molecular formula is C15H29N3. The van der Waals surface area contributed by atoms with Crippen LogP contribution in [0.2, 0.25) is 0 Å². The highest BCUT2D eigenvalue weighted by atomic mass is 15.3. The van der Waals surface area contributed by atoms with E-state index in [1.165, 1.54) is 0 Å². The zero-order chi connectivity index (χ0) is 13.8. The summed E-state index contributed by atoms with van der Waals surface area (Å²) >= 11 is 0. The van der Waals surface area contributed by atoms with Crippen LogP contribution in [0.1, 0.15) is 47.5 Å². The Morgan fingerprint density at radius 1 is 1.39 bits per heavy atom. The summed E-state index contributed by atoms with van der Waals surface area (Å²) in [6.07, 6.45) is 6.24. The van der Waals surface area contributed by atoms with E-state index in [0.717, 1.165) is 32.5 Å². The molecule has 1 aliphatic heterocycles. The molecule has 1 heterocycles. The molecule has 1 aliphatic rings. The van der Waals surface area contributed by atoms with Gasteiger partial charge < -0.3 is 9.80 Å². The minimum absolute atomic E-state index is 0.123. The Hall–Kier alpha value is -0.990. The molecule has 104 valence electrons. The summed E-state index contributed by atoms with van der Waals surface area (Å²) in [6, 6.07) is 0. The van der Waals surface area contributed by atoms with Crippen LogP contribution in [0.15, 0.2) is 17.8 Å². The van der Waals surface area contributed by atoms with Gasteiger partial charge in [-0.1, -0.05) is 13.5 Å². The van der Waals surface area contributed by atoms with Crippen molar-refractivity contribution >= 4 is 6.34 Å². The van der Waals surface area contributed by atoms with Gasteiger partial charge in [-0.25, -0.2) is 0 Å². The minimum atomic E-state index is 0.123. The van der Waals surface area contributed by atoms with Gasteiger partial charge in [0.2, 0.25) is 0 Å². The number of nitrogens with zero attached hydrogens (tertiary/aromatic N) is 3. The third-order valence-electron chi connectivity index (χ3n) is 3.80. The lowest BCUT2D eigenvalue weighted by atomic mass is 9.84. The molecule has 0 fully saturated rings. The van der Waals surface area contributed by atoms with E-state index in [1.807, 2.05) is 12.5 Å². The molecule has 0 radical (unpaired) electrons. The highest BCUT2D eigenvalue weighted by molar-refractivity contribution is 5.58. The lowest BCUT2D eigenvalue weighted by molar-refractivity contribution is 0.0979. The summed E-state index contributed by atoms with van der Waals surface area (Å²) in [5, 5.41) is 0. The number of hydrogen-bond acceptors (Lipinski definition) is 3. The molecule has 0 saturated carbocycles. The molecule has 0 unspecified atom stereocenters. The smallest absolute Gasteiger partial charge is 0.0855 e. The molecule has 0 aromatic heterocycles. The van der Waals surface area contributed by atoms with Crippen molar-refractivity contribution < 1.29 is 0 Å². The van der Waals surface area contributed by atoms with Crippen molar-refractivity contribution in [1.29, 1.82) is 0 Å². The van der Waals surface area contributed by atoms with E-state index < -0.39 is 0 Å². The zero-order valence-electron chi connectivity index (χ0n) is 12.7. The molecule has 0 amide bonds. The van der Waals surface area contributed by atoms with E-state index in [-0.39, 0.29) is 11.1 Å². The van der Waals surface area contributed by atoms with Gasteiger partial charge in [-0.2, -0.15) is 0 Å². The molecule has 0 bridgehead atoms. The van der Waals surface area contributed by atoms with Crippen molar-refractivity contribution in [1.82, 2.24) is 9.80 Å². The second kappa shape index (κ2) is 5.77. The van der Waals surface area contributed by atoms with Crippen LogP contribution in [0.5, 0.6) is 0 Å². The van der Waals surface area contributed by atoms with E-state index in [2.05, 4.69) is 56.0 Å². The first-order chi connectivity index (χ1) is 8.33. The second-order valence-electron chi connectivity index (χ2n) is 6.39. The molecule has 3 nitrogen and oxygen atoms in total. The monoisotopic (exact) mass is 251 g/mol. The maximum absolute atomic E-state index is 4.33. The first kappa shape index (κ1) is 15.1. The molecule has 0 aromatic carbocycles. The van der Waals surface area contributed by atoms with Crippen molar-refractivity contribution in [2.45, 2.75) is 58.5 Å². The molecule has 0 N–H and O–H groups in total. The van der Waals surface area contributed by atoms with E-state index in [1.54, 1.807) is 0 Å². The molecular weight excluding hydrogens is 222 g/mol. The summed E-state index contributed by atoms with van der Waals surface area (Å²) in [4.78, 5) is 9.06. The summed E-state index contributed by atoms with van der Waals surface area (Å²) in [5.74, 6) is 0. The topological polar surface area (TPSA) is 18.8 Å². The van der Waals surface area contributed by atoms with Gasteiger partial charge in [0.15, 0.2) is 0 Å². The van der Waals surface area contributed by atoms with Crippen molar-refractivity contribution in [3.63, 3.8) is 0 Å². The Bertz CT molecular complexity index is 305. The Labute approximate surface area is 113 Å². The number of aliphatic imine (C=N–C) groups is 1. The van der Waals surface area contributed by atoms with E-state index in [4.69, 9.17) is 0 Å². The molecule has 0 spiro atoms. The fourth-order valence-corrected chi connectivity index (χ4v) is 2.98. The highest BCUT2D eigenvalue weighted by Gasteiger charge is 2.35. The minimum Gasteiger partial charge on any atom is -0.373 e. The SMILES string of the molecule is C=CN(CCC)C(C)(C)CC(C)(C)N1C=NCC1. The fraction of sp³-hybridized carbons (Fsp3) is 0.800. The first-order valence-electron chi connectivity index (χ1n) is 6.99. The predicted molar refractivity (Wildman–Crippen MR) is 80.0 cm³/mol. The Morgan fingerprint density at radius 2 is 2.06 bits per heavy atom.